The molecule has 1 atom stereocenters. The SMILES string of the molecule is N#C[N+](=C1NCCC1Cc1c(Cl)cc(-c2ccc(C(=O)N3CCN(CCF)CC3)cc2)cc1Cl)C1CCCCC1. The van der Waals surface area contributed by atoms with Crippen molar-refractivity contribution in [3.63, 3.8) is 0 Å². The number of nitriles is 1. The Labute approximate surface area is 246 Å². The number of carbonyl (C=O) groups excluding carboxylic acids is 1. The number of hydrogen-bond acceptors (Lipinski definition) is 3. The highest BCUT2D eigenvalue weighted by Crippen LogP contribution is 2.35. The Morgan fingerprint density at radius 1 is 1.00 bits per heavy atom. The van der Waals surface area contributed by atoms with Crippen molar-refractivity contribution < 1.29 is 13.8 Å². The van der Waals surface area contributed by atoms with E-state index in [-0.39, 0.29) is 24.5 Å². The van der Waals surface area contributed by atoms with E-state index < -0.39 is 0 Å². The van der Waals surface area contributed by atoms with Crippen molar-refractivity contribution >= 4 is 34.9 Å². The molecule has 2 heterocycles. The molecule has 1 N–H and O–H groups in total. The Morgan fingerprint density at radius 2 is 1.68 bits per heavy atom. The Hall–Kier alpha value is -2.66. The number of rotatable bonds is 7. The highest BCUT2D eigenvalue weighted by Gasteiger charge is 2.34. The lowest BCUT2D eigenvalue weighted by Gasteiger charge is -2.34. The zero-order valence-corrected chi connectivity index (χ0v) is 24.4. The molecule has 1 saturated carbocycles. The molecule has 2 saturated heterocycles. The van der Waals surface area contributed by atoms with Crippen molar-refractivity contribution in [1.82, 2.24) is 15.1 Å². The average Bonchev–Trinajstić information content (AvgIpc) is 3.44. The third kappa shape index (κ3) is 6.46. The molecule has 2 aromatic rings. The van der Waals surface area contributed by atoms with Crippen LogP contribution in [0.15, 0.2) is 36.4 Å². The standard InChI is InChI=1S/C31H36Cl2FN5O/c32-28-19-25(22-6-8-23(9-7-22)31(40)38-16-14-37(13-11-34)15-17-38)20-29(33)27(28)18-24-10-12-36-30(24)39(21-35)26-4-2-1-3-5-26/h6-9,19-20,24,26H,1-5,10-18H2/p+1. The van der Waals surface area contributed by atoms with E-state index in [4.69, 9.17) is 23.2 Å². The topological polar surface area (TPSA) is 62.4 Å². The lowest BCUT2D eigenvalue weighted by Crippen LogP contribution is -2.49. The molecule has 1 amide bonds. The van der Waals surface area contributed by atoms with E-state index >= 15 is 0 Å². The maximum absolute atomic E-state index is 13.0. The second-order valence-corrected chi connectivity index (χ2v) is 11.9. The van der Waals surface area contributed by atoms with Gasteiger partial charge in [0.05, 0.1) is 18.5 Å². The minimum atomic E-state index is -0.359. The van der Waals surface area contributed by atoms with Crippen molar-refractivity contribution in [1.29, 1.82) is 5.26 Å². The van der Waals surface area contributed by atoms with Crippen molar-refractivity contribution in [2.24, 2.45) is 5.92 Å². The van der Waals surface area contributed by atoms with Crippen LogP contribution in [0, 0.1) is 17.4 Å². The van der Waals surface area contributed by atoms with Crippen LogP contribution >= 0.6 is 23.2 Å². The fourth-order valence-corrected chi connectivity index (χ4v) is 6.94. The molecular formula is C31H37Cl2FN5O+. The quantitative estimate of drug-likeness (QED) is 0.255. The maximum Gasteiger partial charge on any atom is 0.370 e. The average molecular weight is 586 g/mol. The first kappa shape index (κ1) is 28.9. The Morgan fingerprint density at radius 3 is 2.30 bits per heavy atom. The molecule has 9 heteroatoms. The van der Waals surface area contributed by atoms with Gasteiger partial charge < -0.3 is 10.2 Å². The van der Waals surface area contributed by atoms with Gasteiger partial charge in [0.15, 0.2) is 0 Å². The number of amides is 1. The first-order chi connectivity index (χ1) is 19.5. The monoisotopic (exact) mass is 584 g/mol. The molecule has 5 rings (SSSR count). The summed E-state index contributed by atoms with van der Waals surface area (Å²) in [5.41, 5.74) is 3.36. The van der Waals surface area contributed by atoms with Crippen LogP contribution in [0.25, 0.3) is 11.1 Å². The summed E-state index contributed by atoms with van der Waals surface area (Å²) in [4.78, 5) is 16.9. The third-order valence-electron chi connectivity index (χ3n) is 8.61. The van der Waals surface area contributed by atoms with Crippen LogP contribution in [-0.4, -0.2) is 78.1 Å². The number of nitrogens with one attached hydrogen (secondary N) is 1. The van der Waals surface area contributed by atoms with E-state index in [9.17, 15) is 14.4 Å². The predicted molar refractivity (Wildman–Crippen MR) is 158 cm³/mol. The zero-order valence-electron chi connectivity index (χ0n) is 22.8. The third-order valence-corrected chi connectivity index (χ3v) is 9.28. The molecule has 0 bridgehead atoms. The summed E-state index contributed by atoms with van der Waals surface area (Å²) in [6, 6.07) is 11.7. The van der Waals surface area contributed by atoms with Crippen molar-refractivity contribution in [2.45, 2.75) is 51.0 Å². The maximum atomic E-state index is 13.0. The number of carbonyl (C=O) groups is 1. The van der Waals surface area contributed by atoms with Crippen LogP contribution in [0.4, 0.5) is 4.39 Å². The number of piperazine rings is 1. The lowest BCUT2D eigenvalue weighted by atomic mass is 9.93. The van der Waals surface area contributed by atoms with Gasteiger partial charge >= 0.3 is 6.19 Å². The zero-order chi connectivity index (χ0) is 28.1. The van der Waals surface area contributed by atoms with Gasteiger partial charge in [-0.05, 0) is 79.5 Å². The van der Waals surface area contributed by atoms with E-state index in [1.807, 2.05) is 50.8 Å². The van der Waals surface area contributed by atoms with Gasteiger partial charge in [-0.1, -0.05) is 41.8 Å². The van der Waals surface area contributed by atoms with Gasteiger partial charge in [0, 0.05) is 53.6 Å². The molecule has 6 nitrogen and oxygen atoms in total. The molecule has 2 aromatic carbocycles. The fraction of sp³-hybridized carbons (Fsp3) is 0.516. The van der Waals surface area contributed by atoms with Gasteiger partial charge in [-0.3, -0.25) is 9.69 Å². The van der Waals surface area contributed by atoms with Gasteiger partial charge in [0.1, 0.15) is 6.67 Å². The van der Waals surface area contributed by atoms with Crippen LogP contribution < -0.4 is 5.32 Å². The predicted octanol–water partition coefficient (Wildman–Crippen LogP) is 5.76. The van der Waals surface area contributed by atoms with Crippen LogP contribution in [-0.2, 0) is 6.42 Å². The number of hydrogen-bond donors (Lipinski definition) is 1. The van der Waals surface area contributed by atoms with E-state index in [0.29, 0.717) is 54.8 Å². The minimum absolute atomic E-state index is 0.00488. The molecule has 0 spiro atoms. The van der Waals surface area contributed by atoms with E-state index in [1.54, 1.807) is 0 Å². The van der Waals surface area contributed by atoms with Crippen molar-refractivity contribution in [3.8, 4) is 17.3 Å². The number of nitrogens with zero attached hydrogens (tertiary/aromatic N) is 4. The van der Waals surface area contributed by atoms with E-state index in [2.05, 4.69) is 11.5 Å². The van der Waals surface area contributed by atoms with Crippen molar-refractivity contribution in [3.05, 3.63) is 57.6 Å². The fourth-order valence-electron chi connectivity index (χ4n) is 6.30. The van der Waals surface area contributed by atoms with E-state index in [1.165, 1.54) is 19.3 Å². The van der Waals surface area contributed by atoms with Gasteiger partial charge in [-0.25, -0.2) is 4.39 Å². The minimum Gasteiger partial charge on any atom is -0.336 e. The molecule has 1 aliphatic carbocycles. The molecule has 0 aromatic heterocycles. The molecule has 0 radical (unpaired) electrons. The first-order valence-corrected chi connectivity index (χ1v) is 15.2. The molecule has 3 aliphatic rings. The Balaban J connectivity index is 1.28. The summed E-state index contributed by atoms with van der Waals surface area (Å²) in [6.07, 6.45) is 9.79. The van der Waals surface area contributed by atoms with Gasteiger partial charge in [-0.2, -0.15) is 4.58 Å². The Bertz CT molecular complexity index is 1250. The highest BCUT2D eigenvalue weighted by molar-refractivity contribution is 6.36. The summed E-state index contributed by atoms with van der Waals surface area (Å²) in [7, 11) is 0. The smallest absolute Gasteiger partial charge is 0.336 e. The summed E-state index contributed by atoms with van der Waals surface area (Å²) in [5.74, 6) is 1.18. The van der Waals surface area contributed by atoms with Crippen molar-refractivity contribution in [2.75, 3.05) is 45.9 Å². The van der Waals surface area contributed by atoms with Gasteiger partial charge in [0.25, 0.3) is 5.91 Å². The molecule has 40 heavy (non-hydrogen) atoms. The van der Waals surface area contributed by atoms with Crippen LogP contribution in [0.1, 0.15) is 54.4 Å². The largest absolute Gasteiger partial charge is 0.370 e. The van der Waals surface area contributed by atoms with Crippen LogP contribution in [0.5, 0.6) is 0 Å². The number of alkyl halides is 1. The van der Waals surface area contributed by atoms with Gasteiger partial charge in [0.2, 0.25) is 5.84 Å². The number of halogens is 3. The van der Waals surface area contributed by atoms with Crippen LogP contribution in [0.2, 0.25) is 10.0 Å². The molecule has 212 valence electrons. The summed E-state index contributed by atoms with van der Waals surface area (Å²) >= 11 is 13.6. The number of amidine groups is 1. The summed E-state index contributed by atoms with van der Waals surface area (Å²) < 4.78 is 14.5. The Kier molecular flexibility index (Phi) is 9.62. The van der Waals surface area contributed by atoms with Gasteiger partial charge in [-0.15, -0.1) is 0 Å². The van der Waals surface area contributed by atoms with Crippen LogP contribution in [0.3, 0.4) is 0 Å². The second-order valence-electron chi connectivity index (χ2n) is 11.1. The normalized spacial score (nSPS) is 21.6. The summed E-state index contributed by atoms with van der Waals surface area (Å²) in [5, 5.41) is 14.7. The molecular weight excluding hydrogens is 548 g/mol. The first-order valence-electron chi connectivity index (χ1n) is 14.4. The summed E-state index contributed by atoms with van der Waals surface area (Å²) in [6.45, 7) is 3.52. The molecule has 2 aliphatic heterocycles. The van der Waals surface area contributed by atoms with E-state index in [0.717, 1.165) is 48.3 Å². The molecule has 3 fully saturated rings. The highest BCUT2D eigenvalue weighted by atomic mass is 35.5. The molecule has 1 unspecified atom stereocenters. The second kappa shape index (κ2) is 13.3. The number of benzene rings is 2. The lowest BCUT2D eigenvalue weighted by molar-refractivity contribution is -0.492.